The fourth-order valence-corrected chi connectivity index (χ4v) is 5.59. The molecule has 1 atom stereocenters. The molecular formula is C26H32Cl2N2O3S. The van der Waals surface area contributed by atoms with Gasteiger partial charge < -0.3 is 15.0 Å². The van der Waals surface area contributed by atoms with Crippen molar-refractivity contribution in [1.29, 1.82) is 0 Å². The topological polar surface area (TPSA) is 58.6 Å². The van der Waals surface area contributed by atoms with Crippen LogP contribution >= 0.6 is 35.0 Å². The Kier molecular flexibility index (Phi) is 10.4. The molecule has 1 aliphatic carbocycles. The van der Waals surface area contributed by atoms with E-state index in [4.69, 9.17) is 27.9 Å². The van der Waals surface area contributed by atoms with Crippen molar-refractivity contribution in [2.75, 3.05) is 12.9 Å². The second-order valence-electron chi connectivity index (χ2n) is 8.48. The number of amides is 2. The highest BCUT2D eigenvalue weighted by Gasteiger charge is 2.31. The summed E-state index contributed by atoms with van der Waals surface area (Å²) in [5, 5.41) is 4.13. The highest BCUT2D eigenvalue weighted by molar-refractivity contribution is 7.99. The minimum atomic E-state index is -0.581. The third-order valence-electron chi connectivity index (χ3n) is 6.13. The highest BCUT2D eigenvalue weighted by Crippen LogP contribution is 2.28. The Balaban J connectivity index is 1.73. The van der Waals surface area contributed by atoms with Gasteiger partial charge in [0.05, 0.1) is 12.9 Å². The fourth-order valence-electron chi connectivity index (χ4n) is 4.20. The monoisotopic (exact) mass is 522 g/mol. The van der Waals surface area contributed by atoms with Crippen LogP contribution in [0.15, 0.2) is 42.5 Å². The molecule has 1 aliphatic rings. The van der Waals surface area contributed by atoms with Gasteiger partial charge in [0.1, 0.15) is 11.8 Å². The van der Waals surface area contributed by atoms with Gasteiger partial charge in [0.2, 0.25) is 11.8 Å². The Labute approximate surface area is 216 Å². The van der Waals surface area contributed by atoms with Crippen molar-refractivity contribution >= 4 is 46.8 Å². The summed E-state index contributed by atoms with van der Waals surface area (Å²) in [5.74, 6) is 1.52. The molecule has 1 fully saturated rings. The molecule has 0 heterocycles. The third kappa shape index (κ3) is 7.30. The molecule has 0 spiro atoms. The SMILES string of the molecule is CC[C@H](C(=O)NC1CCCC1)N(Cc1c(Cl)cccc1Cl)C(=O)CSCc1ccc(OC)cc1. The van der Waals surface area contributed by atoms with Gasteiger partial charge in [-0.2, -0.15) is 0 Å². The third-order valence-corrected chi connectivity index (χ3v) is 7.83. The normalized spacial score (nSPS) is 14.6. The minimum absolute atomic E-state index is 0.105. The number of ether oxygens (including phenoxy) is 1. The van der Waals surface area contributed by atoms with Crippen LogP contribution < -0.4 is 10.1 Å². The molecule has 1 N–H and O–H groups in total. The number of rotatable bonds is 11. The Morgan fingerprint density at radius 3 is 2.35 bits per heavy atom. The van der Waals surface area contributed by atoms with Crippen molar-refractivity contribution in [3.63, 3.8) is 0 Å². The predicted octanol–water partition coefficient (Wildman–Crippen LogP) is 6.10. The van der Waals surface area contributed by atoms with E-state index in [1.54, 1.807) is 30.2 Å². The molecule has 0 saturated heterocycles. The molecule has 0 aliphatic heterocycles. The lowest BCUT2D eigenvalue weighted by molar-refractivity contribution is -0.139. The zero-order valence-electron chi connectivity index (χ0n) is 19.7. The van der Waals surface area contributed by atoms with Gasteiger partial charge in [-0.25, -0.2) is 0 Å². The van der Waals surface area contributed by atoms with E-state index >= 15 is 0 Å². The Bertz CT molecular complexity index is 945. The van der Waals surface area contributed by atoms with Crippen LogP contribution in [0, 0.1) is 0 Å². The van der Waals surface area contributed by atoms with Gasteiger partial charge in [-0.15, -0.1) is 11.8 Å². The van der Waals surface area contributed by atoms with E-state index in [-0.39, 0.29) is 30.2 Å². The van der Waals surface area contributed by atoms with Crippen LogP contribution in [-0.2, 0) is 21.9 Å². The molecule has 0 aromatic heterocycles. The first-order valence-electron chi connectivity index (χ1n) is 11.7. The van der Waals surface area contributed by atoms with Gasteiger partial charge in [-0.3, -0.25) is 9.59 Å². The van der Waals surface area contributed by atoms with E-state index in [0.717, 1.165) is 37.0 Å². The van der Waals surface area contributed by atoms with Gasteiger partial charge >= 0.3 is 0 Å². The predicted molar refractivity (Wildman–Crippen MR) is 141 cm³/mol. The van der Waals surface area contributed by atoms with Crippen LogP contribution in [0.2, 0.25) is 10.0 Å². The lowest BCUT2D eigenvalue weighted by Gasteiger charge is -2.32. The van der Waals surface area contributed by atoms with Crippen LogP contribution in [-0.4, -0.2) is 41.7 Å². The summed E-state index contributed by atoms with van der Waals surface area (Å²) in [5.41, 5.74) is 1.76. The van der Waals surface area contributed by atoms with Crippen molar-refractivity contribution in [2.45, 2.75) is 63.4 Å². The summed E-state index contributed by atoms with van der Waals surface area (Å²) >= 11 is 14.3. The minimum Gasteiger partial charge on any atom is -0.497 e. The zero-order chi connectivity index (χ0) is 24.5. The van der Waals surface area contributed by atoms with E-state index in [2.05, 4.69) is 5.32 Å². The maximum Gasteiger partial charge on any atom is 0.243 e. The number of nitrogens with one attached hydrogen (secondary N) is 1. The Morgan fingerprint density at radius 2 is 1.76 bits per heavy atom. The van der Waals surface area contributed by atoms with Gasteiger partial charge in [-0.1, -0.05) is 61.2 Å². The molecule has 2 aromatic carbocycles. The molecule has 184 valence electrons. The Morgan fingerprint density at radius 1 is 1.12 bits per heavy atom. The second-order valence-corrected chi connectivity index (χ2v) is 10.3. The summed E-state index contributed by atoms with van der Waals surface area (Å²) in [6.07, 6.45) is 4.74. The summed E-state index contributed by atoms with van der Waals surface area (Å²) < 4.78 is 5.20. The average molecular weight is 524 g/mol. The molecule has 34 heavy (non-hydrogen) atoms. The van der Waals surface area contributed by atoms with Gasteiger partial charge in [0.15, 0.2) is 0 Å². The van der Waals surface area contributed by atoms with E-state index in [9.17, 15) is 9.59 Å². The largest absolute Gasteiger partial charge is 0.497 e. The number of carbonyl (C=O) groups is 2. The molecule has 2 amide bonds. The number of thioether (sulfide) groups is 1. The lowest BCUT2D eigenvalue weighted by atomic mass is 10.1. The van der Waals surface area contributed by atoms with Gasteiger partial charge in [0.25, 0.3) is 0 Å². The number of hydrogen-bond acceptors (Lipinski definition) is 4. The van der Waals surface area contributed by atoms with Crippen molar-refractivity contribution in [3.8, 4) is 5.75 Å². The summed E-state index contributed by atoms with van der Waals surface area (Å²) in [7, 11) is 1.63. The van der Waals surface area contributed by atoms with E-state index in [1.165, 1.54) is 11.8 Å². The van der Waals surface area contributed by atoms with E-state index in [0.29, 0.717) is 27.8 Å². The first-order chi connectivity index (χ1) is 16.4. The molecule has 0 radical (unpaired) electrons. The maximum atomic E-state index is 13.4. The number of benzene rings is 2. The standard InChI is InChI=1S/C26H32Cl2N2O3S/c1-3-24(26(32)29-19-7-4-5-8-19)30(15-21-22(27)9-6-10-23(21)28)25(31)17-34-16-18-11-13-20(33-2)14-12-18/h6,9-14,19,24H,3-5,7-8,15-17H2,1-2H3,(H,29,32)/t24-/m1/s1. The summed E-state index contributed by atoms with van der Waals surface area (Å²) in [6.45, 7) is 2.12. The van der Waals surface area contributed by atoms with Crippen molar-refractivity contribution < 1.29 is 14.3 Å². The van der Waals surface area contributed by atoms with Crippen molar-refractivity contribution in [3.05, 3.63) is 63.6 Å². The average Bonchev–Trinajstić information content (AvgIpc) is 3.34. The number of hydrogen-bond donors (Lipinski definition) is 1. The second kappa shape index (κ2) is 13.3. The molecule has 0 unspecified atom stereocenters. The fraction of sp³-hybridized carbons (Fsp3) is 0.462. The molecule has 1 saturated carbocycles. The summed E-state index contributed by atoms with van der Waals surface area (Å²) in [6, 6.07) is 12.7. The molecule has 8 heteroatoms. The first kappa shape index (κ1) is 26.7. The van der Waals surface area contributed by atoms with Crippen LogP contribution in [0.4, 0.5) is 0 Å². The summed E-state index contributed by atoms with van der Waals surface area (Å²) in [4.78, 5) is 28.3. The number of methoxy groups -OCH3 is 1. The van der Waals surface area contributed by atoms with Crippen LogP contribution in [0.1, 0.15) is 50.2 Å². The van der Waals surface area contributed by atoms with Gasteiger partial charge in [0, 0.05) is 33.9 Å². The lowest BCUT2D eigenvalue weighted by Crippen LogP contribution is -2.51. The highest BCUT2D eigenvalue weighted by atomic mass is 35.5. The quantitative estimate of drug-likeness (QED) is 0.387. The number of nitrogens with zero attached hydrogens (tertiary/aromatic N) is 1. The molecule has 2 aromatic rings. The Hall–Kier alpha value is -1.89. The molecular weight excluding hydrogens is 491 g/mol. The number of carbonyl (C=O) groups excluding carboxylic acids is 2. The van der Waals surface area contributed by atoms with E-state index < -0.39 is 6.04 Å². The van der Waals surface area contributed by atoms with E-state index in [1.807, 2.05) is 31.2 Å². The van der Waals surface area contributed by atoms with Crippen molar-refractivity contribution in [1.82, 2.24) is 10.2 Å². The number of halogens is 2. The van der Waals surface area contributed by atoms with Crippen LogP contribution in [0.25, 0.3) is 0 Å². The molecule has 5 nitrogen and oxygen atoms in total. The van der Waals surface area contributed by atoms with Crippen LogP contribution in [0.3, 0.4) is 0 Å². The maximum absolute atomic E-state index is 13.4. The smallest absolute Gasteiger partial charge is 0.243 e. The van der Waals surface area contributed by atoms with Crippen LogP contribution in [0.5, 0.6) is 5.75 Å². The molecule has 3 rings (SSSR count). The van der Waals surface area contributed by atoms with Crippen molar-refractivity contribution in [2.24, 2.45) is 0 Å². The van der Waals surface area contributed by atoms with Gasteiger partial charge in [-0.05, 0) is 49.1 Å². The first-order valence-corrected chi connectivity index (χ1v) is 13.6. The molecule has 0 bridgehead atoms. The zero-order valence-corrected chi connectivity index (χ0v) is 22.0.